The average Bonchev–Trinajstić information content (AvgIpc) is 2.67. The molecule has 3 rings (SSSR count). The number of rotatable bonds is 6. The highest BCUT2D eigenvalue weighted by atomic mass is 16.5. The number of carbonyl (C=O) groups is 1. The number of piperazine rings is 1. The summed E-state index contributed by atoms with van der Waals surface area (Å²) < 4.78 is 5.22. The Labute approximate surface area is 161 Å². The van der Waals surface area contributed by atoms with Crippen LogP contribution in [-0.2, 0) is 11.3 Å². The van der Waals surface area contributed by atoms with Crippen molar-refractivity contribution in [2.45, 2.75) is 20.4 Å². The van der Waals surface area contributed by atoms with E-state index in [0.717, 1.165) is 44.2 Å². The van der Waals surface area contributed by atoms with Crippen molar-refractivity contribution < 1.29 is 19.3 Å². The van der Waals surface area contributed by atoms with Crippen LogP contribution in [0.3, 0.4) is 0 Å². The molecule has 0 unspecified atom stereocenters. The van der Waals surface area contributed by atoms with Gasteiger partial charge >= 0.3 is 0 Å². The van der Waals surface area contributed by atoms with Gasteiger partial charge in [0.25, 0.3) is 5.91 Å². The quantitative estimate of drug-likeness (QED) is 0.683. The molecule has 5 heteroatoms. The lowest BCUT2D eigenvalue weighted by atomic mass is 10.1. The van der Waals surface area contributed by atoms with E-state index in [0.29, 0.717) is 6.54 Å². The first-order chi connectivity index (χ1) is 13.0. The molecule has 0 spiro atoms. The van der Waals surface area contributed by atoms with Crippen molar-refractivity contribution in [3.05, 3.63) is 59.2 Å². The lowest BCUT2D eigenvalue weighted by molar-refractivity contribution is -1.02. The monoisotopic (exact) mass is 369 g/mol. The molecule has 1 fully saturated rings. The second kappa shape index (κ2) is 9.02. The summed E-state index contributed by atoms with van der Waals surface area (Å²) in [5.74, 6) is 1.00. The van der Waals surface area contributed by atoms with E-state index in [1.165, 1.54) is 21.6 Å². The second-order valence-corrected chi connectivity index (χ2v) is 7.55. The van der Waals surface area contributed by atoms with Gasteiger partial charge in [-0.1, -0.05) is 6.07 Å². The lowest BCUT2D eigenvalue weighted by Gasteiger charge is -2.29. The summed E-state index contributed by atoms with van der Waals surface area (Å²) >= 11 is 0. The average molecular weight is 370 g/mol. The minimum atomic E-state index is 0.104. The van der Waals surface area contributed by atoms with E-state index in [1.807, 2.05) is 24.3 Å². The van der Waals surface area contributed by atoms with Gasteiger partial charge in [-0.25, -0.2) is 0 Å². The number of benzene rings is 2. The van der Waals surface area contributed by atoms with Crippen LogP contribution < -0.4 is 19.9 Å². The maximum atomic E-state index is 12.4. The highest BCUT2D eigenvalue weighted by molar-refractivity contribution is 5.91. The van der Waals surface area contributed by atoms with Gasteiger partial charge in [-0.05, 0) is 61.4 Å². The summed E-state index contributed by atoms with van der Waals surface area (Å²) in [6.45, 7) is 9.99. The van der Waals surface area contributed by atoms with Crippen molar-refractivity contribution in [1.29, 1.82) is 0 Å². The second-order valence-electron chi connectivity index (χ2n) is 7.55. The molecule has 2 aromatic rings. The Morgan fingerprint density at radius 3 is 2.26 bits per heavy atom. The van der Waals surface area contributed by atoms with Gasteiger partial charge < -0.3 is 19.9 Å². The van der Waals surface area contributed by atoms with Crippen LogP contribution in [0.4, 0.5) is 5.69 Å². The summed E-state index contributed by atoms with van der Waals surface area (Å²) in [5, 5.41) is 3.04. The number of hydrogen-bond donors (Lipinski definition) is 3. The molecule has 0 bridgehead atoms. The smallest absolute Gasteiger partial charge is 0.279 e. The molecule has 0 atom stereocenters. The fourth-order valence-corrected chi connectivity index (χ4v) is 3.59. The Morgan fingerprint density at radius 2 is 1.63 bits per heavy atom. The molecule has 27 heavy (non-hydrogen) atoms. The van der Waals surface area contributed by atoms with Crippen LogP contribution in [0.15, 0.2) is 42.5 Å². The minimum Gasteiger partial charge on any atom is -0.497 e. The molecule has 0 radical (unpaired) electrons. The molecular formula is C22H31N3O2+2. The number of amides is 1. The van der Waals surface area contributed by atoms with Crippen LogP contribution in [-0.4, -0.2) is 45.7 Å². The van der Waals surface area contributed by atoms with Crippen molar-refractivity contribution >= 4 is 11.6 Å². The maximum Gasteiger partial charge on any atom is 0.279 e. The summed E-state index contributed by atoms with van der Waals surface area (Å²) in [5.41, 5.74) is 4.68. The number of carbonyl (C=O) groups excluding carboxylic acids is 1. The number of nitrogens with one attached hydrogen (secondary N) is 3. The Balaban J connectivity index is 1.43. The number of hydrogen-bond acceptors (Lipinski definition) is 2. The van der Waals surface area contributed by atoms with Crippen molar-refractivity contribution in [1.82, 2.24) is 0 Å². The lowest BCUT2D eigenvalue weighted by Crippen LogP contribution is -3.28. The van der Waals surface area contributed by atoms with Crippen LogP contribution in [0, 0.1) is 13.8 Å². The third kappa shape index (κ3) is 5.55. The fraction of sp³-hybridized carbons (Fsp3) is 0.409. The van der Waals surface area contributed by atoms with Crippen LogP contribution in [0.5, 0.6) is 5.75 Å². The first kappa shape index (κ1) is 19.4. The zero-order chi connectivity index (χ0) is 19.2. The molecule has 1 amide bonds. The van der Waals surface area contributed by atoms with E-state index in [-0.39, 0.29) is 5.91 Å². The van der Waals surface area contributed by atoms with Crippen LogP contribution >= 0.6 is 0 Å². The molecule has 1 aliphatic rings. The molecule has 0 aliphatic carbocycles. The fourth-order valence-electron chi connectivity index (χ4n) is 3.59. The van der Waals surface area contributed by atoms with Gasteiger partial charge in [-0.3, -0.25) is 4.79 Å². The summed E-state index contributed by atoms with van der Waals surface area (Å²) in [6, 6.07) is 14.4. The highest BCUT2D eigenvalue weighted by Crippen LogP contribution is 2.13. The number of aryl methyl sites for hydroxylation is 2. The molecule has 1 saturated heterocycles. The predicted molar refractivity (Wildman–Crippen MR) is 108 cm³/mol. The van der Waals surface area contributed by atoms with Crippen LogP contribution in [0.25, 0.3) is 0 Å². The normalized spacial score (nSPS) is 19.5. The van der Waals surface area contributed by atoms with Gasteiger partial charge in [0.05, 0.1) is 7.11 Å². The summed E-state index contributed by atoms with van der Waals surface area (Å²) in [7, 11) is 1.69. The third-order valence-corrected chi connectivity index (χ3v) is 5.48. The Hall–Kier alpha value is -2.37. The molecule has 1 heterocycles. The van der Waals surface area contributed by atoms with E-state index in [4.69, 9.17) is 4.74 Å². The minimum absolute atomic E-state index is 0.104. The molecule has 5 nitrogen and oxygen atoms in total. The van der Waals surface area contributed by atoms with Gasteiger partial charge in [-0.2, -0.15) is 0 Å². The topological polar surface area (TPSA) is 47.2 Å². The standard InChI is InChI=1S/C22H29N3O2/c1-17-4-7-20(14-18(17)2)23-22(26)16-25-12-10-24(11-13-25)15-19-5-8-21(27-3)9-6-19/h4-9,14H,10-13,15-16H2,1-3H3,(H,23,26)/p+2. The Bertz CT molecular complexity index is 766. The molecule has 144 valence electrons. The number of methoxy groups -OCH3 is 1. The van der Waals surface area contributed by atoms with Gasteiger partial charge in [-0.15, -0.1) is 0 Å². The van der Waals surface area contributed by atoms with Crippen molar-refractivity contribution in [3.8, 4) is 5.75 Å². The Kier molecular flexibility index (Phi) is 6.48. The maximum absolute atomic E-state index is 12.4. The summed E-state index contributed by atoms with van der Waals surface area (Å²) in [4.78, 5) is 15.3. The third-order valence-electron chi connectivity index (χ3n) is 5.48. The largest absolute Gasteiger partial charge is 0.497 e. The van der Waals surface area contributed by atoms with Crippen LogP contribution in [0.1, 0.15) is 16.7 Å². The number of anilines is 1. The van der Waals surface area contributed by atoms with E-state index >= 15 is 0 Å². The van der Waals surface area contributed by atoms with E-state index in [9.17, 15) is 4.79 Å². The van der Waals surface area contributed by atoms with Crippen LogP contribution in [0.2, 0.25) is 0 Å². The predicted octanol–water partition coefficient (Wildman–Crippen LogP) is 0.234. The van der Waals surface area contributed by atoms with E-state index in [1.54, 1.807) is 12.0 Å². The highest BCUT2D eigenvalue weighted by Gasteiger charge is 2.24. The first-order valence-corrected chi connectivity index (χ1v) is 9.70. The molecular weight excluding hydrogens is 338 g/mol. The Morgan fingerprint density at radius 1 is 0.963 bits per heavy atom. The van der Waals surface area contributed by atoms with Gasteiger partial charge in [0, 0.05) is 11.3 Å². The van der Waals surface area contributed by atoms with Gasteiger partial charge in [0.15, 0.2) is 6.54 Å². The SMILES string of the molecule is COc1ccc(C[NH+]2CC[NH+](CC(=O)Nc3ccc(C)c(C)c3)CC2)cc1. The van der Waals surface area contributed by atoms with Crippen molar-refractivity contribution in [2.75, 3.05) is 45.2 Å². The molecule has 0 aromatic heterocycles. The number of ether oxygens (including phenoxy) is 1. The molecule has 2 aromatic carbocycles. The van der Waals surface area contributed by atoms with Gasteiger partial charge in [0.1, 0.15) is 38.5 Å². The number of quaternary nitrogens is 2. The first-order valence-electron chi connectivity index (χ1n) is 9.70. The van der Waals surface area contributed by atoms with Gasteiger partial charge in [0.2, 0.25) is 0 Å². The zero-order valence-electron chi connectivity index (χ0n) is 16.6. The molecule has 1 aliphatic heterocycles. The molecule has 3 N–H and O–H groups in total. The van der Waals surface area contributed by atoms with E-state index in [2.05, 4.69) is 37.4 Å². The molecule has 0 saturated carbocycles. The summed E-state index contributed by atoms with van der Waals surface area (Å²) in [6.07, 6.45) is 0. The van der Waals surface area contributed by atoms with E-state index < -0.39 is 0 Å². The van der Waals surface area contributed by atoms with Crippen molar-refractivity contribution in [2.24, 2.45) is 0 Å². The van der Waals surface area contributed by atoms with Crippen molar-refractivity contribution in [3.63, 3.8) is 0 Å². The zero-order valence-corrected chi connectivity index (χ0v) is 16.6.